The Kier molecular flexibility index (Phi) is 6.26. The lowest BCUT2D eigenvalue weighted by molar-refractivity contribution is -0.113. The van der Waals surface area contributed by atoms with E-state index in [4.69, 9.17) is 9.47 Å². The van der Waals surface area contributed by atoms with Gasteiger partial charge in [0.05, 0.1) is 12.3 Å². The van der Waals surface area contributed by atoms with Crippen molar-refractivity contribution in [2.75, 3.05) is 17.9 Å². The van der Waals surface area contributed by atoms with Crippen molar-refractivity contribution >= 4 is 29.3 Å². The summed E-state index contributed by atoms with van der Waals surface area (Å²) in [5.41, 5.74) is 1.64. The Labute approximate surface area is 187 Å². The van der Waals surface area contributed by atoms with E-state index in [-0.39, 0.29) is 30.9 Å². The van der Waals surface area contributed by atoms with Crippen LogP contribution in [0.15, 0.2) is 41.6 Å². The fourth-order valence-electron chi connectivity index (χ4n) is 2.97. The highest BCUT2D eigenvalue weighted by Crippen LogP contribution is 2.32. The van der Waals surface area contributed by atoms with E-state index in [1.54, 1.807) is 42.8 Å². The maximum atomic E-state index is 13.4. The molecule has 1 aromatic heterocycles. The van der Waals surface area contributed by atoms with E-state index in [2.05, 4.69) is 20.8 Å². The summed E-state index contributed by atoms with van der Waals surface area (Å²) in [4.78, 5) is 24.7. The molecular weight excluding hydrogens is 437 g/mol. The summed E-state index contributed by atoms with van der Waals surface area (Å²) in [7, 11) is 1.75. The molecule has 0 bridgehead atoms. The van der Waals surface area contributed by atoms with E-state index in [9.17, 15) is 14.0 Å². The van der Waals surface area contributed by atoms with Gasteiger partial charge in [0, 0.05) is 18.3 Å². The van der Waals surface area contributed by atoms with Crippen LogP contribution in [0, 0.1) is 12.7 Å². The van der Waals surface area contributed by atoms with Crippen molar-refractivity contribution in [2.24, 2.45) is 7.05 Å². The van der Waals surface area contributed by atoms with E-state index >= 15 is 0 Å². The average Bonchev–Trinajstić information content (AvgIpc) is 3.39. The molecule has 32 heavy (non-hydrogen) atoms. The molecule has 0 atom stereocenters. The second-order valence-corrected chi connectivity index (χ2v) is 7.95. The number of hydrogen-bond donors (Lipinski definition) is 2. The number of fused-ring (bicyclic) bond motifs is 1. The van der Waals surface area contributed by atoms with Gasteiger partial charge in [0.15, 0.2) is 22.5 Å². The summed E-state index contributed by atoms with van der Waals surface area (Å²) in [6.07, 6.45) is 0. The zero-order valence-corrected chi connectivity index (χ0v) is 18.2. The first-order chi connectivity index (χ1) is 15.4. The molecule has 0 saturated carbocycles. The molecule has 0 fully saturated rings. The van der Waals surface area contributed by atoms with Gasteiger partial charge in [-0.05, 0) is 42.8 Å². The molecule has 166 valence electrons. The summed E-state index contributed by atoms with van der Waals surface area (Å²) < 4.78 is 25.6. The van der Waals surface area contributed by atoms with Crippen molar-refractivity contribution in [3.8, 4) is 11.5 Å². The molecule has 0 unspecified atom stereocenters. The molecule has 3 aromatic rings. The normalized spacial score (nSPS) is 12.0. The second-order valence-electron chi connectivity index (χ2n) is 7.00. The molecule has 2 heterocycles. The molecule has 9 nitrogen and oxygen atoms in total. The predicted octanol–water partition coefficient (Wildman–Crippen LogP) is 2.65. The van der Waals surface area contributed by atoms with Crippen LogP contribution in [0.25, 0.3) is 0 Å². The minimum atomic E-state index is -0.417. The van der Waals surface area contributed by atoms with Gasteiger partial charge < -0.3 is 24.7 Å². The minimum absolute atomic E-state index is 0.0749. The Morgan fingerprint density at radius 3 is 2.81 bits per heavy atom. The summed E-state index contributed by atoms with van der Waals surface area (Å²) >= 11 is 1.19. The third-order valence-electron chi connectivity index (χ3n) is 4.77. The van der Waals surface area contributed by atoms with Crippen LogP contribution in [-0.2, 0) is 18.4 Å². The van der Waals surface area contributed by atoms with Crippen molar-refractivity contribution < 1.29 is 23.5 Å². The van der Waals surface area contributed by atoms with Crippen molar-refractivity contribution in [2.45, 2.75) is 18.6 Å². The number of amides is 2. The van der Waals surface area contributed by atoms with E-state index in [0.717, 1.165) is 5.56 Å². The van der Waals surface area contributed by atoms with Gasteiger partial charge in [-0.2, -0.15) is 0 Å². The highest BCUT2D eigenvalue weighted by atomic mass is 32.2. The molecule has 0 saturated heterocycles. The number of anilines is 1. The SMILES string of the molecule is Cc1ccc(F)cc1NC(=O)CSc1nnc(CNC(=O)c2ccc3c(c2)OCO3)n1C. The Morgan fingerprint density at radius 2 is 1.97 bits per heavy atom. The van der Waals surface area contributed by atoms with Crippen LogP contribution >= 0.6 is 11.8 Å². The lowest BCUT2D eigenvalue weighted by Gasteiger charge is -2.08. The molecule has 1 aliphatic rings. The Bertz CT molecular complexity index is 1180. The van der Waals surface area contributed by atoms with Gasteiger partial charge >= 0.3 is 0 Å². The molecule has 0 spiro atoms. The van der Waals surface area contributed by atoms with Crippen LogP contribution in [0.1, 0.15) is 21.7 Å². The topological polar surface area (TPSA) is 107 Å². The average molecular weight is 457 g/mol. The molecule has 1 aliphatic heterocycles. The number of nitrogens with one attached hydrogen (secondary N) is 2. The quantitative estimate of drug-likeness (QED) is 0.525. The van der Waals surface area contributed by atoms with Crippen molar-refractivity contribution in [1.29, 1.82) is 0 Å². The van der Waals surface area contributed by atoms with E-state index in [1.165, 1.54) is 23.9 Å². The van der Waals surface area contributed by atoms with Crippen LogP contribution in [0.4, 0.5) is 10.1 Å². The van der Waals surface area contributed by atoms with Crippen LogP contribution in [0.5, 0.6) is 11.5 Å². The van der Waals surface area contributed by atoms with E-state index < -0.39 is 5.82 Å². The molecule has 0 radical (unpaired) electrons. The largest absolute Gasteiger partial charge is 0.454 e. The number of ether oxygens (including phenoxy) is 2. The van der Waals surface area contributed by atoms with Crippen molar-refractivity contribution in [3.05, 3.63) is 59.2 Å². The molecular formula is C21H20FN5O4S. The van der Waals surface area contributed by atoms with Crippen LogP contribution < -0.4 is 20.1 Å². The zero-order valence-electron chi connectivity index (χ0n) is 17.3. The summed E-state index contributed by atoms with van der Waals surface area (Å²) in [5, 5.41) is 14.1. The van der Waals surface area contributed by atoms with Gasteiger partial charge in [-0.1, -0.05) is 17.8 Å². The highest BCUT2D eigenvalue weighted by molar-refractivity contribution is 7.99. The third kappa shape index (κ3) is 4.83. The monoisotopic (exact) mass is 457 g/mol. The number of carbonyl (C=O) groups is 2. The van der Waals surface area contributed by atoms with Gasteiger partial charge in [-0.3, -0.25) is 9.59 Å². The van der Waals surface area contributed by atoms with Gasteiger partial charge in [-0.25, -0.2) is 4.39 Å². The zero-order chi connectivity index (χ0) is 22.7. The number of benzene rings is 2. The number of aryl methyl sites for hydroxylation is 1. The predicted molar refractivity (Wildman–Crippen MR) is 115 cm³/mol. The fourth-order valence-corrected chi connectivity index (χ4v) is 3.70. The standard InChI is InChI=1S/C21H20FN5O4S/c1-12-3-5-14(22)8-15(12)24-19(28)10-32-21-26-25-18(27(21)2)9-23-20(29)13-4-6-16-17(7-13)31-11-30-16/h3-8H,9-11H2,1-2H3,(H,23,29)(H,24,28). The smallest absolute Gasteiger partial charge is 0.251 e. The molecule has 0 aliphatic carbocycles. The molecule has 4 rings (SSSR count). The number of rotatable bonds is 7. The highest BCUT2D eigenvalue weighted by Gasteiger charge is 2.17. The van der Waals surface area contributed by atoms with Crippen molar-refractivity contribution in [1.82, 2.24) is 20.1 Å². The molecule has 11 heteroatoms. The van der Waals surface area contributed by atoms with Gasteiger partial charge in [-0.15, -0.1) is 10.2 Å². The van der Waals surface area contributed by atoms with Gasteiger partial charge in [0.2, 0.25) is 12.7 Å². The number of halogens is 1. The molecule has 2 aromatic carbocycles. The summed E-state index contributed by atoms with van der Waals surface area (Å²) in [6, 6.07) is 9.18. The number of thioether (sulfide) groups is 1. The minimum Gasteiger partial charge on any atom is -0.454 e. The first kappa shape index (κ1) is 21.6. The van der Waals surface area contributed by atoms with Crippen LogP contribution in [0.3, 0.4) is 0 Å². The lowest BCUT2D eigenvalue weighted by Crippen LogP contribution is -2.24. The maximum Gasteiger partial charge on any atom is 0.251 e. The Morgan fingerprint density at radius 1 is 1.16 bits per heavy atom. The first-order valence-corrected chi connectivity index (χ1v) is 10.6. The van der Waals surface area contributed by atoms with Gasteiger partial charge in [0.25, 0.3) is 5.91 Å². The van der Waals surface area contributed by atoms with E-state index in [0.29, 0.717) is 33.7 Å². The molecule has 2 amide bonds. The second kappa shape index (κ2) is 9.27. The van der Waals surface area contributed by atoms with Crippen LogP contribution in [-0.4, -0.2) is 39.1 Å². The number of nitrogens with zero attached hydrogens (tertiary/aromatic N) is 3. The summed E-state index contributed by atoms with van der Waals surface area (Å²) in [6.45, 7) is 2.08. The lowest BCUT2D eigenvalue weighted by atomic mass is 10.2. The third-order valence-corrected chi connectivity index (χ3v) is 5.79. The van der Waals surface area contributed by atoms with Crippen molar-refractivity contribution in [3.63, 3.8) is 0 Å². The number of aromatic nitrogens is 3. The fraction of sp³-hybridized carbons (Fsp3) is 0.238. The number of hydrogen-bond acceptors (Lipinski definition) is 7. The Hall–Kier alpha value is -3.60. The number of carbonyl (C=O) groups excluding carboxylic acids is 2. The van der Waals surface area contributed by atoms with E-state index in [1.807, 2.05) is 0 Å². The maximum absolute atomic E-state index is 13.4. The molecule has 2 N–H and O–H groups in total. The summed E-state index contributed by atoms with van der Waals surface area (Å²) in [5.74, 6) is 0.748. The van der Waals surface area contributed by atoms with Crippen LogP contribution in [0.2, 0.25) is 0 Å². The first-order valence-electron chi connectivity index (χ1n) is 9.65. The Balaban J connectivity index is 1.30. The van der Waals surface area contributed by atoms with Gasteiger partial charge in [0.1, 0.15) is 5.82 Å².